The number of ketones is 2. The summed E-state index contributed by atoms with van der Waals surface area (Å²) >= 11 is 6.01. The molecule has 19 nitrogen and oxygen atoms in total. The van der Waals surface area contributed by atoms with Crippen molar-refractivity contribution in [1.29, 1.82) is 0 Å². The Kier molecular flexibility index (Phi) is 32.2. The van der Waals surface area contributed by atoms with E-state index in [1.165, 1.54) is 22.7 Å². The summed E-state index contributed by atoms with van der Waals surface area (Å²) in [6.45, 7) is 17.1. The second-order valence-electron chi connectivity index (χ2n) is 26.6. The molecule has 0 unspecified atom stereocenters. The van der Waals surface area contributed by atoms with Crippen molar-refractivity contribution in [3.8, 4) is 0 Å². The zero-order chi connectivity index (χ0) is 71.2. The summed E-state index contributed by atoms with van der Waals surface area (Å²) in [5.74, 6) is 0.0245. The van der Waals surface area contributed by atoms with Crippen LogP contribution in [0.25, 0.3) is 0 Å². The van der Waals surface area contributed by atoms with E-state index in [0.29, 0.717) is 69.9 Å². The molecule has 4 heterocycles. The highest BCUT2D eigenvalue weighted by Gasteiger charge is 2.33. The van der Waals surface area contributed by atoms with Crippen LogP contribution in [0, 0.1) is 23.7 Å². The van der Waals surface area contributed by atoms with Gasteiger partial charge in [0.15, 0.2) is 11.6 Å². The lowest BCUT2D eigenvalue weighted by Crippen LogP contribution is -2.49. The van der Waals surface area contributed by atoms with Crippen LogP contribution in [0.4, 0.5) is 19.2 Å². The molecule has 0 radical (unpaired) electrons. The summed E-state index contributed by atoms with van der Waals surface area (Å²) in [6.07, 6.45) is 5.54. The van der Waals surface area contributed by atoms with Crippen molar-refractivity contribution in [2.45, 2.75) is 182 Å². The lowest BCUT2D eigenvalue weighted by Gasteiger charge is -2.29. The fourth-order valence-corrected chi connectivity index (χ4v) is 14.1. The van der Waals surface area contributed by atoms with Crippen LogP contribution < -0.4 is 21.3 Å². The predicted octanol–water partition coefficient (Wildman–Crippen LogP) is 15.0. The summed E-state index contributed by atoms with van der Waals surface area (Å²) in [4.78, 5) is 102. The molecule has 0 aliphatic rings. The van der Waals surface area contributed by atoms with Crippen molar-refractivity contribution >= 4 is 81.2 Å². The van der Waals surface area contributed by atoms with Crippen molar-refractivity contribution < 1.29 is 43.3 Å². The lowest BCUT2D eigenvalue weighted by atomic mass is 9.84. The first-order valence-corrected chi connectivity index (χ1v) is 37.5. The lowest BCUT2D eigenvalue weighted by molar-refractivity contribution is -0.123. The van der Waals surface area contributed by atoms with Gasteiger partial charge in [-0.25, -0.2) is 29.1 Å². The molecule has 99 heavy (non-hydrogen) atoms. The van der Waals surface area contributed by atoms with E-state index in [9.17, 15) is 33.9 Å². The number of hydrogen-bond donors (Lipinski definition) is 5. The number of ether oxygens (including phenoxy) is 2. The molecule has 4 aromatic heterocycles. The number of rotatable bonds is 36. The fraction of sp³-hybridized carbons (Fsp3) is 0.447. The van der Waals surface area contributed by atoms with E-state index in [-0.39, 0.29) is 79.4 Å². The number of hydrogen-bond acceptors (Lipinski definition) is 17. The van der Waals surface area contributed by atoms with Gasteiger partial charge in [0.25, 0.3) is 0 Å². The van der Waals surface area contributed by atoms with Crippen LogP contribution in [0.15, 0.2) is 156 Å². The van der Waals surface area contributed by atoms with Crippen LogP contribution in [-0.2, 0) is 71.0 Å². The van der Waals surface area contributed by atoms with Crippen LogP contribution in [0.3, 0.4) is 0 Å². The minimum Gasteiger partial charge on any atom is -0.444 e. The normalized spacial score (nSPS) is 13.4. The molecule has 4 aromatic carbocycles. The highest BCUT2D eigenvalue weighted by molar-refractivity contribution is 7.10. The monoisotopic (exact) mass is 1420 g/mol. The van der Waals surface area contributed by atoms with Crippen molar-refractivity contribution in [2.75, 3.05) is 14.1 Å². The Hall–Kier alpha value is -8.22. The van der Waals surface area contributed by atoms with Gasteiger partial charge in [-0.05, 0) is 90.9 Å². The van der Waals surface area contributed by atoms with Crippen molar-refractivity contribution in [3.05, 3.63) is 209 Å². The smallest absolute Gasteiger partial charge is 0.407 e. The van der Waals surface area contributed by atoms with Gasteiger partial charge >= 0.3 is 24.2 Å². The van der Waals surface area contributed by atoms with Crippen LogP contribution in [0.1, 0.15) is 153 Å². The molecule has 0 saturated heterocycles. The Morgan fingerprint density at radius 1 is 0.485 bits per heavy atom. The number of benzene rings is 4. The maximum atomic E-state index is 14.0. The molecule has 0 aliphatic carbocycles. The molecule has 0 saturated carbocycles. The number of alkyl carbamates (subject to hydrolysis) is 2. The number of urea groups is 2. The number of aromatic nitrogens is 4. The Balaban J connectivity index is 0.000000278. The number of amides is 6. The second-order valence-corrected chi connectivity index (χ2v) is 30.3. The largest absolute Gasteiger partial charge is 0.444 e. The predicted molar refractivity (Wildman–Crippen MR) is 395 cm³/mol. The van der Waals surface area contributed by atoms with E-state index in [1.54, 1.807) is 70.0 Å². The second kappa shape index (κ2) is 40.7. The highest BCUT2D eigenvalue weighted by atomic mass is 32.1. The zero-order valence-corrected chi connectivity index (χ0v) is 61.8. The molecular weight excluding hydrogens is 1330 g/mol. The SMILES string of the molecule is CC(C)c1nc(CN(C)C(=O)N[C@H](C(=O)C[C@@H](Cc2ccccc2)C[C@H](O)[C@H](Cc2ccccc2)NC(=O)OCc2cncs2)C(C)C)cs1.CC(C)c1nc(CN(C)C(=O)N[C@H](C(=O)C[C@H](CC[C@H](Cc2ccccc2)NC(=O)OCc2cncs2)Cc2ccccc2)C(C)C)cs1. The van der Waals surface area contributed by atoms with Crippen LogP contribution >= 0.6 is 45.3 Å². The molecule has 0 fully saturated rings. The third-order valence-electron chi connectivity index (χ3n) is 16.8. The average Bonchev–Trinajstić information content (AvgIpc) is 1.43. The number of carbonyl (C=O) groups excluding carboxylic acids is 6. The van der Waals surface area contributed by atoms with Gasteiger partial charge in [0, 0.05) is 68.0 Å². The van der Waals surface area contributed by atoms with Gasteiger partial charge in [0.2, 0.25) is 0 Å². The van der Waals surface area contributed by atoms with Crippen molar-refractivity contribution in [1.82, 2.24) is 51.0 Å². The molecule has 0 aliphatic heterocycles. The molecular formula is C76H98N10O9S4. The topological polar surface area (TPSA) is 247 Å². The first-order valence-electron chi connectivity index (χ1n) is 34.0. The van der Waals surface area contributed by atoms with Gasteiger partial charge in [-0.2, -0.15) is 0 Å². The van der Waals surface area contributed by atoms with Crippen LogP contribution in [0.2, 0.25) is 0 Å². The van der Waals surface area contributed by atoms with Gasteiger partial charge in [0.05, 0.1) is 79.5 Å². The summed E-state index contributed by atoms with van der Waals surface area (Å²) in [6, 6.07) is 36.8. The Morgan fingerprint density at radius 2 is 0.879 bits per heavy atom. The minimum absolute atomic E-state index is 0.00327. The third kappa shape index (κ3) is 27.4. The summed E-state index contributed by atoms with van der Waals surface area (Å²) in [5.41, 5.74) is 9.26. The summed E-state index contributed by atoms with van der Waals surface area (Å²) in [7, 11) is 3.42. The van der Waals surface area contributed by atoms with Crippen molar-refractivity contribution in [3.63, 3.8) is 0 Å². The van der Waals surface area contributed by atoms with Gasteiger partial charge in [-0.1, -0.05) is 177 Å². The molecule has 0 spiro atoms. The van der Waals surface area contributed by atoms with Gasteiger partial charge in [-0.3, -0.25) is 19.6 Å². The Bertz CT molecular complexity index is 3670. The first kappa shape index (κ1) is 78.1. The minimum atomic E-state index is -0.986. The number of thiazole rings is 4. The molecule has 530 valence electrons. The number of Topliss-reactive ketones (excluding diaryl/α,β-unsaturated/α-hetero) is 2. The summed E-state index contributed by atoms with van der Waals surface area (Å²) in [5, 5.41) is 29.7. The molecule has 8 rings (SSSR count). The van der Waals surface area contributed by atoms with Crippen molar-refractivity contribution in [2.24, 2.45) is 23.7 Å². The van der Waals surface area contributed by atoms with Gasteiger partial charge in [0.1, 0.15) is 13.2 Å². The average molecular weight is 1420 g/mol. The van der Waals surface area contributed by atoms with E-state index in [1.807, 2.05) is 148 Å². The number of carbonyl (C=O) groups is 6. The first-order chi connectivity index (χ1) is 47.5. The van der Waals surface area contributed by atoms with E-state index < -0.39 is 36.4 Å². The Morgan fingerprint density at radius 3 is 1.27 bits per heavy atom. The van der Waals surface area contributed by atoms with E-state index in [4.69, 9.17) is 9.47 Å². The molecule has 7 atom stereocenters. The molecule has 6 amide bonds. The Labute approximate surface area is 600 Å². The third-order valence-corrected chi connectivity index (χ3v) is 20.7. The fourth-order valence-electron chi connectivity index (χ4n) is 11.4. The highest BCUT2D eigenvalue weighted by Crippen LogP contribution is 2.27. The maximum absolute atomic E-state index is 14.0. The summed E-state index contributed by atoms with van der Waals surface area (Å²) < 4.78 is 10.9. The number of nitrogens with zero attached hydrogens (tertiary/aromatic N) is 6. The quantitative estimate of drug-likeness (QED) is 0.0245. The zero-order valence-electron chi connectivity index (χ0n) is 58.6. The van der Waals surface area contributed by atoms with Gasteiger partial charge < -0.3 is 45.6 Å². The molecule has 5 N–H and O–H groups in total. The van der Waals surface area contributed by atoms with E-state index in [2.05, 4.69) is 81.0 Å². The number of aliphatic hydroxyl groups excluding tert-OH is 1. The standard InChI is InChI=1S/C38H49N5O5S2.C38H49N5O4S2/c1-25(2)35(42-37(46)43(5)21-30-23-49-36(40-30)26(3)4)34(45)19-29(16-27-12-8-6-9-13-27)18-33(44)32(17-28-14-10-7-11-15-28)41-38(47)48-22-31-20-39-24-50-31;1-26(2)35(42-37(45)43(5)22-32-24-48-36(40-32)27(3)4)34(44)20-30(18-28-12-8-6-9-13-28)16-17-31(19-29-14-10-7-11-15-29)41-38(46)47-23-33-21-39-25-49-33/h6-15,20,23-26,29,32-33,35,44H,16-19,21-22H2,1-5H3,(H,41,47)(H,42,46);6-15,21,24-27,30-31,35H,16-20,22-23H2,1-5H3,(H,41,46)(H,42,45)/t29-,32-,33-,35-;30-,31-,35+/m01/s1. The molecule has 8 aromatic rings. The van der Waals surface area contributed by atoms with E-state index >= 15 is 0 Å². The van der Waals surface area contributed by atoms with Crippen LogP contribution in [-0.4, -0.2) is 115 Å². The van der Waals surface area contributed by atoms with Gasteiger partial charge in [-0.15, -0.1) is 45.3 Å². The van der Waals surface area contributed by atoms with Crippen LogP contribution in [0.5, 0.6) is 0 Å². The molecule has 0 bridgehead atoms. The number of aliphatic hydroxyl groups is 1. The number of nitrogens with one attached hydrogen (secondary N) is 4. The van der Waals surface area contributed by atoms with E-state index in [0.717, 1.165) is 53.4 Å². The maximum Gasteiger partial charge on any atom is 0.407 e. The molecule has 23 heteroatoms.